The van der Waals surface area contributed by atoms with Crippen LogP contribution in [0.4, 0.5) is 0 Å². The van der Waals surface area contributed by atoms with E-state index in [2.05, 4.69) is 133 Å². The Morgan fingerprint density at radius 1 is 0.581 bits per heavy atom. The van der Waals surface area contributed by atoms with E-state index in [1.807, 2.05) is 0 Å². The molecule has 4 unspecified atom stereocenters. The molecule has 5 rings (SSSR count). The standard InChI is InChI=1S/C28H26NOP/c1-29-26(22-14-6-2-7-15-22)30-28(24-18-10-4-11-19-24)31(25-20-12-5-13-21-25)27(29)23-16-8-3-9-17-23/h2-21,26-28H,1H3. The third-order valence-electron chi connectivity index (χ3n) is 5.85. The van der Waals surface area contributed by atoms with E-state index in [1.54, 1.807) is 0 Å². The maximum Gasteiger partial charge on any atom is 0.138 e. The van der Waals surface area contributed by atoms with Crippen molar-refractivity contribution < 1.29 is 4.74 Å². The lowest BCUT2D eigenvalue weighted by Crippen LogP contribution is -2.38. The van der Waals surface area contributed by atoms with Gasteiger partial charge < -0.3 is 4.74 Å². The highest BCUT2D eigenvalue weighted by molar-refractivity contribution is 7.66. The van der Waals surface area contributed by atoms with Crippen LogP contribution >= 0.6 is 7.92 Å². The van der Waals surface area contributed by atoms with E-state index in [0.717, 1.165) is 0 Å². The van der Waals surface area contributed by atoms with E-state index in [-0.39, 0.29) is 17.9 Å². The minimum Gasteiger partial charge on any atom is -0.346 e. The molecule has 2 nitrogen and oxygen atoms in total. The Labute approximate surface area is 185 Å². The van der Waals surface area contributed by atoms with Crippen LogP contribution in [0.3, 0.4) is 0 Å². The number of hydrogen-bond acceptors (Lipinski definition) is 2. The molecule has 0 radical (unpaired) electrons. The highest BCUT2D eigenvalue weighted by Crippen LogP contribution is 2.67. The monoisotopic (exact) mass is 423 g/mol. The average molecular weight is 423 g/mol. The van der Waals surface area contributed by atoms with Crippen LogP contribution in [0.2, 0.25) is 0 Å². The number of benzene rings is 4. The maximum atomic E-state index is 6.94. The summed E-state index contributed by atoms with van der Waals surface area (Å²) >= 11 is 0. The smallest absolute Gasteiger partial charge is 0.138 e. The van der Waals surface area contributed by atoms with Crippen LogP contribution < -0.4 is 5.30 Å². The van der Waals surface area contributed by atoms with Crippen LogP contribution in [0.1, 0.15) is 34.5 Å². The predicted molar refractivity (Wildman–Crippen MR) is 129 cm³/mol. The highest BCUT2D eigenvalue weighted by atomic mass is 31.1. The summed E-state index contributed by atoms with van der Waals surface area (Å²) in [6.45, 7) is 0. The summed E-state index contributed by atoms with van der Waals surface area (Å²) < 4.78 is 6.94. The second-order valence-electron chi connectivity index (χ2n) is 7.85. The van der Waals surface area contributed by atoms with Gasteiger partial charge in [-0.05, 0) is 37.0 Å². The van der Waals surface area contributed by atoms with Crippen LogP contribution in [0, 0.1) is 0 Å². The van der Waals surface area contributed by atoms with Crippen molar-refractivity contribution in [2.24, 2.45) is 0 Å². The van der Waals surface area contributed by atoms with Gasteiger partial charge in [0.25, 0.3) is 0 Å². The first kappa shape index (κ1) is 20.2. The van der Waals surface area contributed by atoms with Crippen molar-refractivity contribution in [3.8, 4) is 0 Å². The normalized spacial score (nSPS) is 24.0. The zero-order chi connectivity index (χ0) is 21.0. The van der Waals surface area contributed by atoms with Crippen molar-refractivity contribution in [2.75, 3.05) is 7.05 Å². The quantitative estimate of drug-likeness (QED) is 0.333. The second kappa shape index (κ2) is 9.16. The SMILES string of the molecule is CN1C(c2ccccc2)OC(c2ccccc2)P(c2ccccc2)C1c1ccccc1. The molecule has 154 valence electrons. The van der Waals surface area contributed by atoms with Crippen LogP contribution in [-0.2, 0) is 4.74 Å². The molecule has 0 amide bonds. The van der Waals surface area contributed by atoms with Crippen LogP contribution in [0.5, 0.6) is 0 Å². The summed E-state index contributed by atoms with van der Waals surface area (Å²) in [6.07, 6.45) is -0.112. The molecule has 1 saturated heterocycles. The molecule has 4 atom stereocenters. The zero-order valence-corrected chi connectivity index (χ0v) is 18.5. The molecular formula is C28H26NOP. The minimum absolute atomic E-state index is 0.00483. The minimum atomic E-state index is -0.699. The molecule has 4 aromatic carbocycles. The van der Waals surface area contributed by atoms with Crippen molar-refractivity contribution >= 4 is 13.2 Å². The number of ether oxygens (including phenoxy) is 1. The Hall–Kier alpha value is -2.77. The molecule has 3 heteroatoms. The second-order valence-corrected chi connectivity index (χ2v) is 10.1. The van der Waals surface area contributed by atoms with E-state index in [1.165, 1.54) is 22.0 Å². The summed E-state index contributed by atoms with van der Waals surface area (Å²) in [6, 6.07) is 43.1. The van der Waals surface area contributed by atoms with Crippen molar-refractivity contribution in [2.45, 2.75) is 17.9 Å². The van der Waals surface area contributed by atoms with Crippen molar-refractivity contribution in [3.63, 3.8) is 0 Å². The largest absolute Gasteiger partial charge is 0.346 e. The molecule has 0 bridgehead atoms. The number of nitrogens with zero attached hydrogens (tertiary/aromatic N) is 1. The topological polar surface area (TPSA) is 12.5 Å². The fourth-order valence-electron chi connectivity index (χ4n) is 4.42. The first-order valence-corrected chi connectivity index (χ1v) is 12.2. The average Bonchev–Trinajstić information content (AvgIpc) is 2.86. The Kier molecular flexibility index (Phi) is 5.95. The van der Waals surface area contributed by atoms with E-state index in [9.17, 15) is 0 Å². The Balaban J connectivity index is 1.69. The van der Waals surface area contributed by atoms with Crippen molar-refractivity contribution in [1.82, 2.24) is 4.90 Å². The van der Waals surface area contributed by atoms with Gasteiger partial charge >= 0.3 is 0 Å². The summed E-state index contributed by atoms with van der Waals surface area (Å²) in [5.41, 5.74) is 3.77. The first-order valence-electron chi connectivity index (χ1n) is 10.7. The summed E-state index contributed by atoms with van der Waals surface area (Å²) in [5.74, 6) is 0.243. The fraction of sp³-hybridized carbons (Fsp3) is 0.143. The van der Waals surface area contributed by atoms with Crippen LogP contribution in [0.25, 0.3) is 0 Å². The molecular weight excluding hydrogens is 397 g/mol. The molecule has 0 spiro atoms. The fourth-order valence-corrected chi connectivity index (χ4v) is 7.49. The molecule has 0 saturated carbocycles. The lowest BCUT2D eigenvalue weighted by molar-refractivity contribution is -0.0888. The number of rotatable bonds is 4. The highest BCUT2D eigenvalue weighted by Gasteiger charge is 2.44. The van der Waals surface area contributed by atoms with Gasteiger partial charge in [-0.1, -0.05) is 121 Å². The van der Waals surface area contributed by atoms with Gasteiger partial charge in [0.15, 0.2) is 0 Å². The maximum absolute atomic E-state index is 6.94. The lowest BCUT2D eigenvalue weighted by Gasteiger charge is -2.49. The Bertz CT molecular complexity index is 1090. The van der Waals surface area contributed by atoms with Gasteiger partial charge in [-0.25, -0.2) is 0 Å². The van der Waals surface area contributed by atoms with Gasteiger partial charge in [-0.3, -0.25) is 4.90 Å². The Morgan fingerprint density at radius 2 is 1.03 bits per heavy atom. The first-order chi connectivity index (χ1) is 15.3. The van der Waals surface area contributed by atoms with Crippen molar-refractivity contribution in [3.05, 3.63) is 138 Å². The number of hydrogen-bond donors (Lipinski definition) is 0. The molecule has 0 aromatic heterocycles. The van der Waals surface area contributed by atoms with Crippen LogP contribution in [-0.4, -0.2) is 11.9 Å². The third-order valence-corrected chi connectivity index (χ3v) is 8.86. The molecule has 1 heterocycles. The van der Waals surface area contributed by atoms with E-state index in [0.29, 0.717) is 0 Å². The molecule has 0 aliphatic carbocycles. The summed E-state index contributed by atoms with van der Waals surface area (Å²) in [4.78, 5) is 2.42. The molecule has 4 aromatic rings. The molecule has 1 aliphatic rings. The van der Waals surface area contributed by atoms with E-state index in [4.69, 9.17) is 4.74 Å². The molecule has 1 fully saturated rings. The molecule has 1 aliphatic heterocycles. The van der Waals surface area contributed by atoms with Crippen molar-refractivity contribution in [1.29, 1.82) is 0 Å². The molecule has 0 N–H and O–H groups in total. The molecule has 31 heavy (non-hydrogen) atoms. The zero-order valence-electron chi connectivity index (χ0n) is 17.6. The predicted octanol–water partition coefficient (Wildman–Crippen LogP) is 6.85. The third kappa shape index (κ3) is 4.07. The lowest BCUT2D eigenvalue weighted by atomic mass is 10.1. The van der Waals surface area contributed by atoms with Gasteiger partial charge in [-0.2, -0.15) is 0 Å². The van der Waals surface area contributed by atoms with E-state index < -0.39 is 7.92 Å². The van der Waals surface area contributed by atoms with Gasteiger partial charge in [0.1, 0.15) is 12.1 Å². The van der Waals surface area contributed by atoms with Crippen LogP contribution in [0.15, 0.2) is 121 Å². The van der Waals surface area contributed by atoms with Gasteiger partial charge in [0.05, 0.1) is 5.78 Å². The van der Waals surface area contributed by atoms with Gasteiger partial charge in [-0.15, -0.1) is 0 Å². The van der Waals surface area contributed by atoms with Gasteiger partial charge in [0.2, 0.25) is 0 Å². The summed E-state index contributed by atoms with van der Waals surface area (Å²) in [7, 11) is 1.50. The van der Waals surface area contributed by atoms with Gasteiger partial charge in [0, 0.05) is 0 Å². The van der Waals surface area contributed by atoms with E-state index >= 15 is 0 Å². The summed E-state index contributed by atoms with van der Waals surface area (Å²) in [5, 5.41) is 1.36. The Morgan fingerprint density at radius 3 is 1.58 bits per heavy atom.